The van der Waals surface area contributed by atoms with Gasteiger partial charge in [0.25, 0.3) is 0 Å². The van der Waals surface area contributed by atoms with Crippen LogP contribution in [0.25, 0.3) is 0 Å². The molecule has 112 valence electrons. The van der Waals surface area contributed by atoms with Gasteiger partial charge in [0.15, 0.2) is 0 Å². The summed E-state index contributed by atoms with van der Waals surface area (Å²) in [6.07, 6.45) is 3.38. The van der Waals surface area contributed by atoms with Crippen LogP contribution in [0.4, 0.5) is 4.39 Å². The number of halogens is 1. The van der Waals surface area contributed by atoms with Gasteiger partial charge in [-0.2, -0.15) is 4.31 Å². The van der Waals surface area contributed by atoms with Gasteiger partial charge in [0.1, 0.15) is 5.82 Å². The number of hydrogen-bond acceptors (Lipinski definition) is 3. The highest BCUT2D eigenvalue weighted by atomic mass is 32.2. The molecule has 2 rings (SSSR count). The Morgan fingerprint density at radius 2 is 2.10 bits per heavy atom. The van der Waals surface area contributed by atoms with Crippen LogP contribution < -0.4 is 0 Å². The van der Waals surface area contributed by atoms with Gasteiger partial charge in [0, 0.05) is 12.6 Å². The minimum atomic E-state index is -3.74. The molecule has 0 saturated heterocycles. The number of sulfonamides is 1. The van der Waals surface area contributed by atoms with Gasteiger partial charge in [0.2, 0.25) is 10.0 Å². The van der Waals surface area contributed by atoms with E-state index in [1.807, 2.05) is 6.92 Å². The zero-order valence-corrected chi connectivity index (χ0v) is 12.4. The third kappa shape index (κ3) is 3.19. The molecule has 20 heavy (non-hydrogen) atoms. The van der Waals surface area contributed by atoms with E-state index in [-0.39, 0.29) is 16.5 Å². The van der Waals surface area contributed by atoms with Crippen molar-refractivity contribution in [3.63, 3.8) is 0 Å². The number of aliphatic hydroxyl groups is 1. The SMILES string of the molecule is CCCCN(C1CC1)S(=O)(=O)c1cc(F)ccc1CO. The molecule has 1 aromatic rings. The molecular formula is C14H20FNO3S. The van der Waals surface area contributed by atoms with Crippen molar-refractivity contribution in [3.05, 3.63) is 29.6 Å². The minimum absolute atomic E-state index is 0.0290. The summed E-state index contributed by atoms with van der Waals surface area (Å²) in [6.45, 7) is 2.03. The van der Waals surface area contributed by atoms with E-state index in [9.17, 15) is 17.9 Å². The van der Waals surface area contributed by atoms with Gasteiger partial charge in [-0.05, 0) is 37.0 Å². The maximum absolute atomic E-state index is 13.4. The Morgan fingerprint density at radius 1 is 1.40 bits per heavy atom. The molecule has 1 N–H and O–H groups in total. The van der Waals surface area contributed by atoms with E-state index in [1.165, 1.54) is 10.4 Å². The summed E-state index contributed by atoms with van der Waals surface area (Å²) >= 11 is 0. The lowest BCUT2D eigenvalue weighted by atomic mass is 10.2. The molecule has 0 atom stereocenters. The molecule has 1 saturated carbocycles. The van der Waals surface area contributed by atoms with E-state index in [4.69, 9.17) is 0 Å². The monoisotopic (exact) mass is 301 g/mol. The zero-order valence-electron chi connectivity index (χ0n) is 11.5. The van der Waals surface area contributed by atoms with Crippen molar-refractivity contribution in [3.8, 4) is 0 Å². The summed E-state index contributed by atoms with van der Waals surface area (Å²) in [7, 11) is -3.74. The third-order valence-corrected chi connectivity index (χ3v) is 5.51. The first-order valence-electron chi connectivity index (χ1n) is 6.91. The van der Waals surface area contributed by atoms with Crippen LogP contribution in [-0.2, 0) is 16.6 Å². The Balaban J connectivity index is 2.39. The first kappa shape index (κ1) is 15.4. The van der Waals surface area contributed by atoms with Gasteiger partial charge in [-0.3, -0.25) is 0 Å². The predicted octanol–water partition coefficient (Wildman–Crippen LogP) is 2.27. The topological polar surface area (TPSA) is 57.6 Å². The third-order valence-electron chi connectivity index (χ3n) is 3.47. The normalized spacial score (nSPS) is 15.8. The molecule has 4 nitrogen and oxygen atoms in total. The first-order chi connectivity index (χ1) is 9.50. The molecule has 0 amide bonds. The van der Waals surface area contributed by atoms with Crippen molar-refractivity contribution in [2.45, 2.75) is 50.2 Å². The highest BCUT2D eigenvalue weighted by Crippen LogP contribution is 2.33. The minimum Gasteiger partial charge on any atom is -0.392 e. The summed E-state index contributed by atoms with van der Waals surface area (Å²) in [5.74, 6) is -0.605. The van der Waals surface area contributed by atoms with Crippen LogP contribution in [0.1, 0.15) is 38.2 Å². The molecule has 1 aromatic carbocycles. The number of benzene rings is 1. The van der Waals surface area contributed by atoms with E-state index in [2.05, 4.69) is 0 Å². The Labute approximate surface area is 119 Å². The van der Waals surface area contributed by atoms with Crippen LogP contribution in [-0.4, -0.2) is 30.4 Å². The van der Waals surface area contributed by atoms with Gasteiger partial charge in [0.05, 0.1) is 11.5 Å². The summed E-state index contributed by atoms with van der Waals surface area (Å²) in [6, 6.07) is 3.52. The smallest absolute Gasteiger partial charge is 0.243 e. The second-order valence-electron chi connectivity index (χ2n) is 5.11. The molecule has 6 heteroatoms. The Hall–Kier alpha value is -0.980. The van der Waals surface area contributed by atoms with E-state index >= 15 is 0 Å². The zero-order chi connectivity index (χ0) is 14.8. The first-order valence-corrected chi connectivity index (χ1v) is 8.35. The van der Waals surface area contributed by atoms with Crippen molar-refractivity contribution in [1.29, 1.82) is 0 Å². The number of hydrogen-bond donors (Lipinski definition) is 1. The van der Waals surface area contributed by atoms with Crippen LogP contribution in [0.3, 0.4) is 0 Å². The van der Waals surface area contributed by atoms with Crippen LogP contribution in [0, 0.1) is 5.82 Å². The average Bonchev–Trinajstić information content (AvgIpc) is 3.23. The lowest BCUT2D eigenvalue weighted by Crippen LogP contribution is -2.34. The maximum Gasteiger partial charge on any atom is 0.243 e. The van der Waals surface area contributed by atoms with E-state index in [1.54, 1.807) is 0 Å². The van der Waals surface area contributed by atoms with Gasteiger partial charge in [-0.25, -0.2) is 12.8 Å². The van der Waals surface area contributed by atoms with E-state index in [0.29, 0.717) is 6.54 Å². The van der Waals surface area contributed by atoms with Crippen molar-refractivity contribution < 1.29 is 17.9 Å². The summed E-state index contributed by atoms with van der Waals surface area (Å²) in [5.41, 5.74) is 0.244. The molecule has 1 aliphatic carbocycles. The molecule has 0 aromatic heterocycles. The largest absolute Gasteiger partial charge is 0.392 e. The van der Waals surface area contributed by atoms with Crippen molar-refractivity contribution >= 4 is 10.0 Å². The van der Waals surface area contributed by atoms with Gasteiger partial charge in [-0.1, -0.05) is 19.4 Å². The number of unbranched alkanes of at least 4 members (excludes halogenated alkanes) is 1. The second kappa shape index (κ2) is 6.20. The summed E-state index contributed by atoms with van der Waals surface area (Å²) in [4.78, 5) is -0.108. The number of rotatable bonds is 7. The highest BCUT2D eigenvalue weighted by molar-refractivity contribution is 7.89. The molecule has 0 spiro atoms. The van der Waals surface area contributed by atoms with Crippen LogP contribution >= 0.6 is 0 Å². The summed E-state index contributed by atoms with van der Waals surface area (Å²) in [5, 5.41) is 9.28. The Morgan fingerprint density at radius 3 is 2.65 bits per heavy atom. The lowest BCUT2D eigenvalue weighted by molar-refractivity contribution is 0.277. The van der Waals surface area contributed by atoms with E-state index in [0.717, 1.165) is 37.8 Å². The maximum atomic E-state index is 13.4. The summed E-state index contributed by atoms with van der Waals surface area (Å²) < 4.78 is 40.2. The average molecular weight is 301 g/mol. The number of aliphatic hydroxyl groups excluding tert-OH is 1. The fourth-order valence-corrected chi connectivity index (χ4v) is 4.15. The molecular weight excluding hydrogens is 281 g/mol. The van der Waals surface area contributed by atoms with E-state index < -0.39 is 22.4 Å². The molecule has 0 unspecified atom stereocenters. The highest BCUT2D eigenvalue weighted by Gasteiger charge is 2.38. The quantitative estimate of drug-likeness (QED) is 0.840. The van der Waals surface area contributed by atoms with Crippen molar-refractivity contribution in [1.82, 2.24) is 4.31 Å². The van der Waals surface area contributed by atoms with Crippen molar-refractivity contribution in [2.75, 3.05) is 6.54 Å². The van der Waals surface area contributed by atoms with Gasteiger partial charge < -0.3 is 5.11 Å². The standard InChI is InChI=1S/C14H20FNO3S/c1-2-3-8-16(13-6-7-13)20(18,19)14-9-12(15)5-4-11(14)10-17/h4-5,9,13,17H,2-3,6-8,10H2,1H3. The number of nitrogens with zero attached hydrogens (tertiary/aromatic N) is 1. The molecule has 1 fully saturated rings. The molecule has 0 bridgehead atoms. The van der Waals surface area contributed by atoms with Crippen LogP contribution in [0.15, 0.2) is 23.1 Å². The van der Waals surface area contributed by atoms with Crippen molar-refractivity contribution in [2.24, 2.45) is 0 Å². The second-order valence-corrected chi connectivity index (χ2v) is 6.97. The van der Waals surface area contributed by atoms with Crippen LogP contribution in [0.5, 0.6) is 0 Å². The predicted molar refractivity (Wildman–Crippen MR) is 74.1 cm³/mol. The Bertz CT molecular complexity index is 570. The Kier molecular flexibility index (Phi) is 4.78. The fourth-order valence-electron chi connectivity index (χ4n) is 2.20. The molecule has 0 heterocycles. The lowest BCUT2D eigenvalue weighted by Gasteiger charge is -2.23. The molecule has 0 aliphatic heterocycles. The van der Waals surface area contributed by atoms with Crippen LogP contribution in [0.2, 0.25) is 0 Å². The van der Waals surface area contributed by atoms with Gasteiger partial charge >= 0.3 is 0 Å². The van der Waals surface area contributed by atoms with Gasteiger partial charge in [-0.15, -0.1) is 0 Å². The molecule has 0 radical (unpaired) electrons. The molecule has 1 aliphatic rings. The fraction of sp³-hybridized carbons (Fsp3) is 0.571.